The number of carbonyl (C=O) groups excluding carboxylic acids is 5. The van der Waals surface area contributed by atoms with Gasteiger partial charge in [0.15, 0.2) is 11.9 Å². The average molecular weight is 616 g/mol. The molecule has 5 fully saturated rings. The van der Waals surface area contributed by atoms with Crippen molar-refractivity contribution in [2.24, 2.45) is 52.3 Å². The van der Waals surface area contributed by atoms with Crippen molar-refractivity contribution in [1.29, 1.82) is 0 Å². The maximum atomic E-state index is 13.6. The minimum Gasteiger partial charge on any atom is -0.462 e. The maximum Gasteiger partial charge on any atom is 0.303 e. The molecule has 13 atom stereocenters. The molecule has 0 aromatic rings. The van der Waals surface area contributed by atoms with Crippen molar-refractivity contribution in [2.45, 2.75) is 131 Å². The first-order valence-corrected chi connectivity index (χ1v) is 16.9. The van der Waals surface area contributed by atoms with Crippen LogP contribution in [0, 0.1) is 52.3 Å². The third kappa shape index (κ3) is 5.59. The number of rotatable bonds is 5. The number of ether oxygens (including phenoxy) is 3. The van der Waals surface area contributed by atoms with Crippen LogP contribution in [0.4, 0.5) is 0 Å². The number of fused-ring (bicyclic) bond motifs is 5. The third-order valence-electron chi connectivity index (χ3n) is 12.9. The van der Waals surface area contributed by atoms with Gasteiger partial charge in [-0.05, 0) is 91.8 Å². The molecule has 0 N–H and O–H groups in total. The lowest BCUT2D eigenvalue weighted by Gasteiger charge is -2.61. The minimum atomic E-state index is -0.631. The Labute approximate surface area is 262 Å². The second kappa shape index (κ2) is 12.1. The summed E-state index contributed by atoms with van der Waals surface area (Å²) in [7, 11) is 0. The molecule has 5 rings (SSSR count). The zero-order valence-corrected chi connectivity index (χ0v) is 27.9. The van der Waals surface area contributed by atoms with Gasteiger partial charge in [-0.3, -0.25) is 24.0 Å². The number of amides is 1. The first-order valence-electron chi connectivity index (χ1n) is 16.9. The van der Waals surface area contributed by atoms with Crippen molar-refractivity contribution in [3.63, 3.8) is 0 Å². The van der Waals surface area contributed by atoms with Gasteiger partial charge in [0.2, 0.25) is 5.91 Å². The summed E-state index contributed by atoms with van der Waals surface area (Å²) in [5, 5.41) is 0. The summed E-state index contributed by atoms with van der Waals surface area (Å²) in [6.07, 6.45) is 5.18. The summed E-state index contributed by atoms with van der Waals surface area (Å²) in [6.45, 7) is 15.4. The molecule has 1 aliphatic heterocycles. The number of nitrogens with zero attached hydrogens (tertiary/aromatic N) is 1. The van der Waals surface area contributed by atoms with Crippen molar-refractivity contribution in [3.8, 4) is 0 Å². The van der Waals surface area contributed by atoms with E-state index in [9.17, 15) is 24.0 Å². The van der Waals surface area contributed by atoms with Gasteiger partial charge in [-0.15, -0.1) is 0 Å². The van der Waals surface area contributed by atoms with E-state index in [1.807, 2.05) is 4.90 Å². The van der Waals surface area contributed by atoms with E-state index >= 15 is 0 Å². The lowest BCUT2D eigenvalue weighted by Crippen LogP contribution is -2.60. The number of piperidine rings is 1. The number of hydrogen-bond acceptors (Lipinski definition) is 8. The molecule has 9 nitrogen and oxygen atoms in total. The summed E-state index contributed by atoms with van der Waals surface area (Å²) in [4.78, 5) is 64.9. The van der Waals surface area contributed by atoms with Gasteiger partial charge in [-0.2, -0.15) is 0 Å². The van der Waals surface area contributed by atoms with Crippen molar-refractivity contribution >= 4 is 29.6 Å². The van der Waals surface area contributed by atoms with Gasteiger partial charge in [-0.1, -0.05) is 27.7 Å². The van der Waals surface area contributed by atoms with E-state index in [1.54, 1.807) is 6.92 Å². The molecule has 5 aliphatic rings. The summed E-state index contributed by atoms with van der Waals surface area (Å²) >= 11 is 0. The Hall–Kier alpha value is -2.45. The molecular formula is C35H53NO8. The fourth-order valence-corrected chi connectivity index (χ4v) is 11.5. The zero-order valence-electron chi connectivity index (χ0n) is 27.9. The first-order chi connectivity index (χ1) is 20.6. The Morgan fingerprint density at radius 3 is 2.02 bits per heavy atom. The predicted molar refractivity (Wildman–Crippen MR) is 162 cm³/mol. The lowest BCUT2D eigenvalue weighted by molar-refractivity contribution is -0.175. The van der Waals surface area contributed by atoms with E-state index in [-0.39, 0.29) is 70.3 Å². The van der Waals surface area contributed by atoms with Gasteiger partial charge in [0.25, 0.3) is 0 Å². The normalized spacial score (nSPS) is 44.0. The first kappa shape index (κ1) is 32.9. The van der Waals surface area contributed by atoms with Gasteiger partial charge in [0.1, 0.15) is 12.2 Å². The Morgan fingerprint density at radius 1 is 0.795 bits per heavy atom. The second-order valence-electron chi connectivity index (χ2n) is 15.5. The van der Waals surface area contributed by atoms with Crippen LogP contribution in [0.15, 0.2) is 0 Å². The highest BCUT2D eigenvalue weighted by molar-refractivity contribution is 5.89. The van der Waals surface area contributed by atoms with Crippen LogP contribution >= 0.6 is 0 Å². The molecule has 1 heterocycles. The number of esters is 3. The fraction of sp³-hybridized carbons (Fsp3) is 0.857. The highest BCUT2D eigenvalue weighted by Crippen LogP contribution is 2.68. The molecular weight excluding hydrogens is 562 g/mol. The maximum absolute atomic E-state index is 13.6. The fourth-order valence-electron chi connectivity index (χ4n) is 11.5. The monoisotopic (exact) mass is 615 g/mol. The molecule has 0 spiro atoms. The van der Waals surface area contributed by atoms with E-state index in [2.05, 4.69) is 27.7 Å². The highest BCUT2D eigenvalue weighted by Gasteiger charge is 2.66. The lowest BCUT2D eigenvalue weighted by atomic mass is 9.44. The molecule has 0 bridgehead atoms. The van der Waals surface area contributed by atoms with Crippen LogP contribution in [0.25, 0.3) is 0 Å². The van der Waals surface area contributed by atoms with Gasteiger partial charge in [0.05, 0.1) is 6.04 Å². The van der Waals surface area contributed by atoms with Gasteiger partial charge in [0, 0.05) is 46.1 Å². The van der Waals surface area contributed by atoms with Crippen LogP contribution in [-0.4, -0.2) is 65.4 Å². The van der Waals surface area contributed by atoms with E-state index in [0.29, 0.717) is 37.1 Å². The smallest absolute Gasteiger partial charge is 0.303 e. The van der Waals surface area contributed by atoms with Gasteiger partial charge >= 0.3 is 17.9 Å². The van der Waals surface area contributed by atoms with E-state index in [4.69, 9.17) is 14.2 Å². The molecule has 246 valence electrons. The largest absolute Gasteiger partial charge is 0.462 e. The molecule has 1 amide bonds. The summed E-state index contributed by atoms with van der Waals surface area (Å²) in [6, 6.07) is -0.300. The second-order valence-corrected chi connectivity index (χ2v) is 15.5. The SMILES string of the molecule is CC(=O)O[C@H]1CC[C@@]2(C)[C@@H](CC[C@@H]3[C@@H]2CC[C@]2(C)[C@@H]([C@H](C)[C@@H]4[C@@H](OC(C)=O)C[C@@H](C)CN4C(C)=O)[C@H](OC(C)=O)C[C@@H]32)C1=O. The summed E-state index contributed by atoms with van der Waals surface area (Å²) in [5.41, 5.74) is -0.293. The van der Waals surface area contributed by atoms with E-state index in [1.165, 1.54) is 20.8 Å². The quantitative estimate of drug-likeness (QED) is 0.309. The molecule has 4 aliphatic carbocycles. The highest BCUT2D eigenvalue weighted by atomic mass is 16.6. The van der Waals surface area contributed by atoms with Crippen molar-refractivity contribution in [2.75, 3.05) is 6.54 Å². The Morgan fingerprint density at radius 2 is 1.41 bits per heavy atom. The van der Waals surface area contributed by atoms with E-state index in [0.717, 1.165) is 38.5 Å². The molecule has 1 saturated heterocycles. The van der Waals surface area contributed by atoms with Crippen molar-refractivity contribution in [1.82, 2.24) is 4.90 Å². The third-order valence-corrected chi connectivity index (χ3v) is 12.9. The Balaban J connectivity index is 1.47. The van der Waals surface area contributed by atoms with Crippen LogP contribution in [0.5, 0.6) is 0 Å². The van der Waals surface area contributed by atoms with Crippen LogP contribution < -0.4 is 0 Å². The van der Waals surface area contributed by atoms with Gasteiger partial charge < -0.3 is 19.1 Å². The molecule has 9 heteroatoms. The van der Waals surface area contributed by atoms with Crippen LogP contribution in [-0.2, 0) is 38.2 Å². The number of likely N-dealkylation sites (tertiary alicyclic amines) is 1. The summed E-state index contributed by atoms with van der Waals surface area (Å²) < 4.78 is 17.5. The number of ketones is 1. The molecule has 44 heavy (non-hydrogen) atoms. The average Bonchev–Trinajstić information content (AvgIpc) is 3.20. The molecule has 4 saturated carbocycles. The summed E-state index contributed by atoms with van der Waals surface area (Å²) in [5.74, 6) is 0.0883. The van der Waals surface area contributed by atoms with Crippen LogP contribution in [0.1, 0.15) is 107 Å². The van der Waals surface area contributed by atoms with Crippen molar-refractivity contribution < 1.29 is 38.2 Å². The van der Waals surface area contributed by atoms with Crippen LogP contribution in [0.3, 0.4) is 0 Å². The Kier molecular flexibility index (Phi) is 9.02. The molecule has 0 aromatic heterocycles. The molecule has 0 aromatic carbocycles. The molecule has 0 radical (unpaired) electrons. The standard InChI is InChI=1S/C35H53NO8/c1-18-15-30(44-23(6)40)32(36(17-18)20(3)37)19(2)31-29(43-22(5)39)16-27-24-9-10-26-33(41)28(42-21(4)38)12-14-34(26,7)25(24)11-13-35(27,31)8/h18-19,24-32H,9-17H2,1-8H3/t18-,19+,24-,25+,26+,27+,28+,29-,30+,31+,32-,34-,35+/m1/s1. The Bertz CT molecular complexity index is 1190. The van der Waals surface area contributed by atoms with Crippen molar-refractivity contribution in [3.05, 3.63) is 0 Å². The zero-order chi connectivity index (χ0) is 32.3. The molecule has 0 unspecified atom stereocenters. The topological polar surface area (TPSA) is 116 Å². The number of carbonyl (C=O) groups is 5. The number of Topliss-reactive ketones (excluding diaryl/α,β-unsaturated/α-hetero) is 1. The van der Waals surface area contributed by atoms with Gasteiger partial charge in [-0.25, -0.2) is 0 Å². The van der Waals surface area contributed by atoms with Crippen LogP contribution in [0.2, 0.25) is 0 Å². The minimum absolute atomic E-state index is 0.0115. The predicted octanol–water partition coefficient (Wildman–Crippen LogP) is 5.12. The number of hydrogen-bond donors (Lipinski definition) is 0. The van der Waals surface area contributed by atoms with E-state index < -0.39 is 18.2 Å².